The van der Waals surface area contributed by atoms with Crippen LogP contribution in [0.15, 0.2) is 5.38 Å². The van der Waals surface area contributed by atoms with E-state index in [1.807, 2.05) is 18.7 Å². The van der Waals surface area contributed by atoms with Gasteiger partial charge in [0.05, 0.1) is 12.2 Å². The van der Waals surface area contributed by atoms with E-state index in [1.165, 1.54) is 4.90 Å². The van der Waals surface area contributed by atoms with Gasteiger partial charge in [0.1, 0.15) is 0 Å². The van der Waals surface area contributed by atoms with Gasteiger partial charge in [-0.3, -0.25) is 10.1 Å². The van der Waals surface area contributed by atoms with Crippen molar-refractivity contribution in [1.29, 1.82) is 0 Å². The van der Waals surface area contributed by atoms with Gasteiger partial charge in [-0.1, -0.05) is 0 Å². The van der Waals surface area contributed by atoms with E-state index in [1.54, 1.807) is 0 Å². The molecule has 7 nitrogen and oxygen atoms in total. The molecule has 0 radical (unpaired) electrons. The molecule has 3 rings (SSSR count). The summed E-state index contributed by atoms with van der Waals surface area (Å²) >= 11 is 0.731. The largest absolute Gasteiger partial charge is 0.434 e. The molecule has 156 valence electrons. The second-order valence-electron chi connectivity index (χ2n) is 7.23. The lowest BCUT2D eigenvalue weighted by Gasteiger charge is -2.39. The van der Waals surface area contributed by atoms with Crippen molar-refractivity contribution < 1.29 is 27.5 Å². The average Bonchev–Trinajstić information content (AvgIpc) is 3.09. The first-order chi connectivity index (χ1) is 13.1. The molecule has 2 atom stereocenters. The predicted octanol–water partition coefficient (Wildman–Crippen LogP) is 3.04. The number of anilines is 1. The van der Waals surface area contributed by atoms with Crippen LogP contribution in [-0.2, 0) is 15.7 Å². The molecule has 0 saturated carbocycles. The number of nitrogens with one attached hydrogen (secondary N) is 1. The number of hydrogen-bond acceptors (Lipinski definition) is 5. The topological polar surface area (TPSA) is 74.8 Å². The maximum Gasteiger partial charge on any atom is 0.434 e. The molecule has 0 spiro atoms. The minimum atomic E-state index is -4.54. The van der Waals surface area contributed by atoms with Crippen molar-refractivity contribution in [2.24, 2.45) is 5.92 Å². The molecule has 11 heteroatoms. The molecule has 2 aliphatic heterocycles. The number of alkyl halides is 3. The SMILES string of the molecule is CC1CN(C(=O)C2CCN(C(=O)Nc3nc(C(F)(F)F)cs3)CC2)CC(C)O1. The standard InChI is InChI=1S/C17H23F3N4O3S/c1-10-7-24(8-11(2)27-10)14(25)12-3-5-23(6-4-12)16(26)22-15-21-13(9-28-15)17(18,19)20/h9-12H,3-8H2,1-2H3,(H,21,22,26). The number of amides is 3. The average molecular weight is 420 g/mol. The molecule has 2 aliphatic rings. The highest BCUT2D eigenvalue weighted by molar-refractivity contribution is 7.13. The van der Waals surface area contributed by atoms with Crippen molar-refractivity contribution in [3.63, 3.8) is 0 Å². The highest BCUT2D eigenvalue weighted by atomic mass is 32.1. The maximum absolute atomic E-state index is 12.7. The van der Waals surface area contributed by atoms with E-state index < -0.39 is 17.9 Å². The van der Waals surface area contributed by atoms with E-state index in [9.17, 15) is 22.8 Å². The Morgan fingerprint density at radius 1 is 1.18 bits per heavy atom. The molecule has 3 heterocycles. The number of likely N-dealkylation sites (tertiary alicyclic amines) is 1. The third kappa shape index (κ3) is 4.93. The number of carbonyl (C=O) groups excluding carboxylic acids is 2. The van der Waals surface area contributed by atoms with Gasteiger partial charge in [-0.05, 0) is 26.7 Å². The molecule has 2 fully saturated rings. The van der Waals surface area contributed by atoms with Gasteiger partial charge in [-0.25, -0.2) is 9.78 Å². The molecular weight excluding hydrogens is 397 g/mol. The molecule has 28 heavy (non-hydrogen) atoms. The molecule has 1 aromatic heterocycles. The molecule has 2 saturated heterocycles. The number of urea groups is 1. The summed E-state index contributed by atoms with van der Waals surface area (Å²) < 4.78 is 43.4. The van der Waals surface area contributed by atoms with Crippen LogP contribution >= 0.6 is 11.3 Å². The normalized spacial score (nSPS) is 24.3. The van der Waals surface area contributed by atoms with E-state index in [0.717, 1.165) is 16.7 Å². The number of halogens is 3. The fourth-order valence-corrected chi connectivity index (χ4v) is 4.28. The van der Waals surface area contributed by atoms with Gasteiger partial charge in [-0.2, -0.15) is 13.2 Å². The van der Waals surface area contributed by atoms with E-state index in [-0.39, 0.29) is 29.2 Å². The van der Waals surface area contributed by atoms with Crippen LogP contribution in [0.3, 0.4) is 0 Å². The summed E-state index contributed by atoms with van der Waals surface area (Å²) in [6.45, 7) is 5.74. The van der Waals surface area contributed by atoms with Gasteiger partial charge in [-0.15, -0.1) is 11.3 Å². The van der Waals surface area contributed by atoms with Gasteiger partial charge < -0.3 is 14.5 Å². The van der Waals surface area contributed by atoms with Crippen LogP contribution in [0.2, 0.25) is 0 Å². The number of nitrogens with zero attached hydrogens (tertiary/aromatic N) is 3. The Kier molecular flexibility index (Phi) is 6.13. The first kappa shape index (κ1) is 20.8. The van der Waals surface area contributed by atoms with Crippen LogP contribution in [0.25, 0.3) is 0 Å². The van der Waals surface area contributed by atoms with Crippen LogP contribution in [0.1, 0.15) is 32.4 Å². The van der Waals surface area contributed by atoms with Gasteiger partial charge in [0.25, 0.3) is 0 Å². The minimum Gasteiger partial charge on any atom is -0.372 e. The van der Waals surface area contributed by atoms with Gasteiger partial charge in [0, 0.05) is 37.5 Å². The summed E-state index contributed by atoms with van der Waals surface area (Å²) in [6.07, 6.45) is -3.49. The zero-order valence-electron chi connectivity index (χ0n) is 15.7. The Labute approximate surface area is 164 Å². The number of ether oxygens (including phenoxy) is 1. The molecular formula is C17H23F3N4O3S. The number of carbonyl (C=O) groups is 2. The number of morpholine rings is 1. The fourth-order valence-electron chi connectivity index (χ4n) is 3.58. The minimum absolute atomic E-state index is 0.00143. The summed E-state index contributed by atoms with van der Waals surface area (Å²) in [5.41, 5.74) is -1.02. The third-order valence-electron chi connectivity index (χ3n) is 4.87. The number of piperidine rings is 1. The van der Waals surface area contributed by atoms with Crippen molar-refractivity contribution >= 4 is 28.4 Å². The summed E-state index contributed by atoms with van der Waals surface area (Å²) in [6, 6.07) is -0.498. The van der Waals surface area contributed by atoms with E-state index >= 15 is 0 Å². The maximum atomic E-state index is 12.7. The Morgan fingerprint density at radius 2 is 1.79 bits per heavy atom. The van der Waals surface area contributed by atoms with E-state index in [2.05, 4.69) is 10.3 Å². The molecule has 3 amide bonds. The lowest BCUT2D eigenvalue weighted by atomic mass is 9.95. The van der Waals surface area contributed by atoms with Crippen molar-refractivity contribution in [3.8, 4) is 0 Å². The number of hydrogen-bond donors (Lipinski definition) is 1. The van der Waals surface area contributed by atoms with Crippen molar-refractivity contribution in [1.82, 2.24) is 14.8 Å². The Balaban J connectivity index is 1.50. The summed E-state index contributed by atoms with van der Waals surface area (Å²) in [7, 11) is 0. The summed E-state index contributed by atoms with van der Waals surface area (Å²) in [5.74, 6) is -0.0740. The monoisotopic (exact) mass is 420 g/mol. The van der Waals surface area contributed by atoms with Crippen molar-refractivity contribution in [2.45, 2.75) is 45.1 Å². The molecule has 0 aliphatic carbocycles. The van der Waals surface area contributed by atoms with E-state index in [0.29, 0.717) is 39.0 Å². The number of aromatic nitrogens is 1. The molecule has 1 aromatic rings. The summed E-state index contributed by atoms with van der Waals surface area (Å²) in [4.78, 5) is 31.8. The van der Waals surface area contributed by atoms with Crippen molar-refractivity contribution in [3.05, 3.63) is 11.1 Å². The van der Waals surface area contributed by atoms with Crippen LogP contribution < -0.4 is 5.32 Å². The quantitative estimate of drug-likeness (QED) is 0.798. The smallest absolute Gasteiger partial charge is 0.372 e. The molecule has 0 bridgehead atoms. The summed E-state index contributed by atoms with van der Waals surface area (Å²) in [5, 5.41) is 3.18. The third-order valence-corrected chi connectivity index (χ3v) is 5.63. The first-order valence-electron chi connectivity index (χ1n) is 9.16. The van der Waals surface area contributed by atoms with Gasteiger partial charge in [0.15, 0.2) is 10.8 Å². The van der Waals surface area contributed by atoms with Gasteiger partial charge in [0.2, 0.25) is 5.91 Å². The highest BCUT2D eigenvalue weighted by Crippen LogP contribution is 2.32. The van der Waals surface area contributed by atoms with Crippen LogP contribution in [0.5, 0.6) is 0 Å². The second kappa shape index (κ2) is 8.24. The number of thiazole rings is 1. The molecule has 1 N–H and O–H groups in total. The van der Waals surface area contributed by atoms with Crippen molar-refractivity contribution in [2.75, 3.05) is 31.5 Å². The lowest BCUT2D eigenvalue weighted by Crippen LogP contribution is -2.52. The van der Waals surface area contributed by atoms with Crippen LogP contribution in [0, 0.1) is 5.92 Å². The molecule has 2 unspecified atom stereocenters. The molecule has 0 aromatic carbocycles. The zero-order valence-corrected chi connectivity index (χ0v) is 16.5. The lowest BCUT2D eigenvalue weighted by molar-refractivity contribution is -0.148. The number of rotatable bonds is 2. The second-order valence-corrected chi connectivity index (χ2v) is 8.09. The van der Waals surface area contributed by atoms with Crippen LogP contribution in [0.4, 0.5) is 23.1 Å². The van der Waals surface area contributed by atoms with Gasteiger partial charge >= 0.3 is 12.2 Å². The Bertz CT molecular complexity index is 709. The Morgan fingerprint density at radius 3 is 2.32 bits per heavy atom. The van der Waals surface area contributed by atoms with Crippen LogP contribution in [-0.4, -0.2) is 65.1 Å². The highest BCUT2D eigenvalue weighted by Gasteiger charge is 2.35. The first-order valence-corrected chi connectivity index (χ1v) is 10.0. The Hall–Kier alpha value is -1.88. The van der Waals surface area contributed by atoms with E-state index in [4.69, 9.17) is 4.74 Å². The predicted molar refractivity (Wildman–Crippen MR) is 97.0 cm³/mol. The zero-order chi connectivity index (χ0) is 20.5. The fraction of sp³-hybridized carbons (Fsp3) is 0.706.